The van der Waals surface area contributed by atoms with E-state index in [1.165, 1.54) is 7.11 Å². The van der Waals surface area contributed by atoms with Gasteiger partial charge in [0.05, 0.1) is 26.2 Å². The third-order valence-electron chi connectivity index (χ3n) is 6.07. The Morgan fingerprint density at radius 2 is 1.81 bits per heavy atom. The van der Waals surface area contributed by atoms with Gasteiger partial charge in [-0.3, -0.25) is 9.59 Å². The Morgan fingerprint density at radius 3 is 2.48 bits per heavy atom. The maximum atomic E-state index is 12.9. The molecule has 0 N–H and O–H groups in total. The van der Waals surface area contributed by atoms with Gasteiger partial charge in [0.25, 0.3) is 5.91 Å². The van der Waals surface area contributed by atoms with Crippen molar-refractivity contribution >= 4 is 11.7 Å². The minimum Gasteiger partial charge on any atom is -0.493 e. The van der Waals surface area contributed by atoms with E-state index in [2.05, 4.69) is 0 Å². The second-order valence-corrected chi connectivity index (χ2v) is 8.00. The van der Waals surface area contributed by atoms with E-state index in [1.807, 2.05) is 31.2 Å². The molecule has 0 aliphatic carbocycles. The molecule has 0 radical (unpaired) electrons. The van der Waals surface area contributed by atoms with Gasteiger partial charge in [-0.2, -0.15) is 0 Å². The van der Waals surface area contributed by atoms with Crippen LogP contribution in [0.4, 0.5) is 0 Å². The Hall–Kier alpha value is -3.22. The number of methoxy groups -OCH3 is 2. The fourth-order valence-electron chi connectivity index (χ4n) is 4.25. The Morgan fingerprint density at radius 1 is 1.06 bits per heavy atom. The summed E-state index contributed by atoms with van der Waals surface area (Å²) in [7, 11) is 3.08. The van der Waals surface area contributed by atoms with Crippen molar-refractivity contribution in [3.63, 3.8) is 0 Å². The first-order valence-electron chi connectivity index (χ1n) is 10.4. The van der Waals surface area contributed by atoms with Crippen LogP contribution in [0.5, 0.6) is 23.0 Å². The highest BCUT2D eigenvalue weighted by atomic mass is 16.5. The normalized spacial score (nSPS) is 17.0. The zero-order valence-electron chi connectivity index (χ0n) is 18.1. The molecule has 0 aromatic heterocycles. The van der Waals surface area contributed by atoms with Gasteiger partial charge < -0.3 is 23.8 Å². The molecule has 7 nitrogen and oxygen atoms in total. The molecule has 2 heterocycles. The quantitative estimate of drug-likeness (QED) is 0.731. The van der Waals surface area contributed by atoms with Gasteiger partial charge in [0.15, 0.2) is 23.9 Å². The van der Waals surface area contributed by atoms with Gasteiger partial charge in [0.2, 0.25) is 5.75 Å². The monoisotopic (exact) mass is 425 g/mol. The van der Waals surface area contributed by atoms with E-state index in [0.29, 0.717) is 54.5 Å². The van der Waals surface area contributed by atoms with Crippen molar-refractivity contribution in [2.45, 2.75) is 31.8 Å². The third-order valence-corrected chi connectivity index (χ3v) is 6.07. The number of hydrogen-bond acceptors (Lipinski definition) is 6. The third kappa shape index (κ3) is 4.04. The fourth-order valence-corrected chi connectivity index (χ4v) is 4.25. The van der Waals surface area contributed by atoms with Gasteiger partial charge in [-0.05, 0) is 30.7 Å². The summed E-state index contributed by atoms with van der Waals surface area (Å²) in [6.07, 6.45) is 1.42. The standard InChI is InChI=1S/C24H27NO6/c1-16-6-4-5-7-19(16)30-15-21(27)25-12-10-24(11-13-25)14-18(26)17-8-9-20(28-2)23(29-3)22(17)31-24/h4-9H,10-15H2,1-3H3. The number of para-hydroxylation sites is 1. The van der Waals surface area contributed by atoms with Crippen molar-refractivity contribution in [1.29, 1.82) is 0 Å². The van der Waals surface area contributed by atoms with Crippen LogP contribution in [-0.2, 0) is 4.79 Å². The minimum atomic E-state index is -0.641. The second kappa shape index (κ2) is 8.49. The molecule has 2 aromatic carbocycles. The first-order valence-corrected chi connectivity index (χ1v) is 10.4. The predicted octanol–water partition coefficient (Wildman–Crippen LogP) is 3.42. The molecule has 0 unspecified atom stereocenters. The van der Waals surface area contributed by atoms with Crippen LogP contribution in [0.2, 0.25) is 0 Å². The Labute approximate surface area is 181 Å². The molecule has 164 valence electrons. The van der Waals surface area contributed by atoms with Crippen molar-refractivity contribution < 1.29 is 28.5 Å². The minimum absolute atomic E-state index is 0.00844. The number of likely N-dealkylation sites (tertiary alicyclic amines) is 1. The molecule has 2 aliphatic heterocycles. The second-order valence-electron chi connectivity index (χ2n) is 8.00. The first kappa shape index (κ1) is 21.0. The molecule has 1 spiro atoms. The number of carbonyl (C=O) groups excluding carboxylic acids is 2. The zero-order valence-corrected chi connectivity index (χ0v) is 18.1. The summed E-state index contributed by atoms with van der Waals surface area (Å²) in [5, 5.41) is 0. The lowest BCUT2D eigenvalue weighted by molar-refractivity contribution is -0.137. The van der Waals surface area contributed by atoms with E-state index in [9.17, 15) is 9.59 Å². The molecule has 0 bridgehead atoms. The number of rotatable bonds is 5. The first-order chi connectivity index (χ1) is 15.0. The van der Waals surface area contributed by atoms with E-state index in [-0.39, 0.29) is 24.7 Å². The highest BCUT2D eigenvalue weighted by Gasteiger charge is 2.45. The van der Waals surface area contributed by atoms with Gasteiger partial charge in [0, 0.05) is 25.9 Å². The average Bonchev–Trinajstić information content (AvgIpc) is 2.78. The number of carbonyl (C=O) groups is 2. The van der Waals surface area contributed by atoms with Crippen LogP contribution in [0.3, 0.4) is 0 Å². The number of Topliss-reactive ketones (excluding diaryl/α,β-unsaturated/α-hetero) is 1. The molecule has 31 heavy (non-hydrogen) atoms. The van der Waals surface area contributed by atoms with Crippen LogP contribution >= 0.6 is 0 Å². The summed E-state index contributed by atoms with van der Waals surface area (Å²) in [5.41, 5.74) is 0.857. The highest BCUT2D eigenvalue weighted by molar-refractivity contribution is 6.01. The Bertz CT molecular complexity index is 994. The van der Waals surface area contributed by atoms with Crippen molar-refractivity contribution in [2.75, 3.05) is 33.9 Å². The number of hydrogen-bond donors (Lipinski definition) is 0. The van der Waals surface area contributed by atoms with Crippen LogP contribution in [0.15, 0.2) is 36.4 Å². The lowest BCUT2D eigenvalue weighted by Crippen LogP contribution is -2.53. The Balaban J connectivity index is 1.43. The van der Waals surface area contributed by atoms with Crippen LogP contribution in [0, 0.1) is 6.92 Å². The molecule has 0 saturated carbocycles. The molecule has 1 saturated heterocycles. The number of ketones is 1. The van der Waals surface area contributed by atoms with E-state index in [0.717, 1.165) is 5.56 Å². The number of piperidine rings is 1. The van der Waals surface area contributed by atoms with E-state index in [1.54, 1.807) is 24.1 Å². The molecule has 7 heteroatoms. The number of nitrogens with zero attached hydrogens (tertiary/aromatic N) is 1. The van der Waals surface area contributed by atoms with Crippen molar-refractivity contribution in [1.82, 2.24) is 4.90 Å². The van der Waals surface area contributed by atoms with Gasteiger partial charge >= 0.3 is 0 Å². The van der Waals surface area contributed by atoms with Crippen LogP contribution < -0.4 is 18.9 Å². The van der Waals surface area contributed by atoms with Crippen molar-refractivity contribution in [3.05, 3.63) is 47.5 Å². The van der Waals surface area contributed by atoms with Crippen LogP contribution in [0.25, 0.3) is 0 Å². The lowest BCUT2D eigenvalue weighted by Gasteiger charge is -2.44. The number of amides is 1. The van der Waals surface area contributed by atoms with Gasteiger partial charge in [-0.1, -0.05) is 18.2 Å². The van der Waals surface area contributed by atoms with Crippen molar-refractivity contribution in [3.8, 4) is 23.0 Å². The molecule has 0 atom stereocenters. The molecule has 1 amide bonds. The largest absolute Gasteiger partial charge is 0.493 e. The van der Waals surface area contributed by atoms with E-state index >= 15 is 0 Å². The van der Waals surface area contributed by atoms with Crippen molar-refractivity contribution in [2.24, 2.45) is 0 Å². The summed E-state index contributed by atoms with van der Waals surface area (Å²) >= 11 is 0. The molecule has 4 rings (SSSR count). The van der Waals surface area contributed by atoms with Gasteiger partial charge in [-0.25, -0.2) is 0 Å². The summed E-state index contributed by atoms with van der Waals surface area (Å²) < 4.78 is 22.9. The topological polar surface area (TPSA) is 74.3 Å². The SMILES string of the molecule is COc1ccc2c(c1OC)OC1(CCN(C(=O)COc3ccccc3C)CC1)CC2=O. The number of ether oxygens (including phenoxy) is 4. The summed E-state index contributed by atoms with van der Waals surface area (Å²) in [4.78, 5) is 27.3. The highest BCUT2D eigenvalue weighted by Crippen LogP contribution is 2.47. The summed E-state index contributed by atoms with van der Waals surface area (Å²) in [6.45, 7) is 2.95. The maximum Gasteiger partial charge on any atom is 0.260 e. The smallest absolute Gasteiger partial charge is 0.260 e. The number of benzene rings is 2. The average molecular weight is 425 g/mol. The number of fused-ring (bicyclic) bond motifs is 1. The van der Waals surface area contributed by atoms with Gasteiger partial charge in [0.1, 0.15) is 11.4 Å². The zero-order chi connectivity index (χ0) is 22.0. The summed E-state index contributed by atoms with van der Waals surface area (Å²) in [6, 6.07) is 11.1. The van der Waals surface area contributed by atoms with Crippen LogP contribution in [-0.4, -0.2) is 56.1 Å². The molecule has 2 aliphatic rings. The number of aryl methyl sites for hydroxylation is 1. The molecular formula is C24H27NO6. The summed E-state index contributed by atoms with van der Waals surface area (Å²) in [5.74, 6) is 2.04. The molecule has 2 aromatic rings. The predicted molar refractivity (Wildman–Crippen MR) is 114 cm³/mol. The molecular weight excluding hydrogens is 398 g/mol. The lowest BCUT2D eigenvalue weighted by atomic mass is 9.82. The van der Waals surface area contributed by atoms with E-state index < -0.39 is 5.60 Å². The maximum absolute atomic E-state index is 12.9. The molecule has 1 fully saturated rings. The van der Waals surface area contributed by atoms with E-state index in [4.69, 9.17) is 18.9 Å². The Kier molecular flexibility index (Phi) is 5.76. The van der Waals surface area contributed by atoms with Gasteiger partial charge in [-0.15, -0.1) is 0 Å². The fraction of sp³-hybridized carbons (Fsp3) is 0.417. The van der Waals surface area contributed by atoms with Crippen LogP contribution in [0.1, 0.15) is 35.2 Å².